The normalized spacial score (nSPS) is 21.0. The van der Waals surface area contributed by atoms with E-state index < -0.39 is 34.0 Å². The molecule has 0 bridgehead atoms. The van der Waals surface area contributed by atoms with Gasteiger partial charge in [0.1, 0.15) is 11.9 Å². The van der Waals surface area contributed by atoms with Gasteiger partial charge in [-0.2, -0.15) is 21.6 Å². The van der Waals surface area contributed by atoms with Crippen LogP contribution in [0.1, 0.15) is 49.9 Å². The highest BCUT2D eigenvalue weighted by Crippen LogP contribution is 2.41. The highest BCUT2D eigenvalue weighted by molar-refractivity contribution is 7.91. The lowest BCUT2D eigenvalue weighted by atomic mass is 10.0. The largest absolute Gasteiger partial charge is 0.493 e. The van der Waals surface area contributed by atoms with Crippen molar-refractivity contribution in [1.29, 1.82) is 0 Å². The Hall–Kier alpha value is -3.19. The van der Waals surface area contributed by atoms with E-state index >= 15 is 0 Å². The minimum Gasteiger partial charge on any atom is -0.493 e. The van der Waals surface area contributed by atoms with Crippen LogP contribution < -0.4 is 24.2 Å². The Balaban J connectivity index is 1.84. The lowest BCUT2D eigenvalue weighted by molar-refractivity contribution is -0.137. The number of benzene rings is 2. The Labute approximate surface area is 213 Å². The summed E-state index contributed by atoms with van der Waals surface area (Å²) >= 11 is 0. The van der Waals surface area contributed by atoms with Crippen molar-refractivity contribution < 1.29 is 35.8 Å². The minimum absolute atomic E-state index is 0.0365. The monoisotopic (exact) mass is 542 g/mol. The highest BCUT2D eigenvalue weighted by Gasteiger charge is 2.37. The zero-order chi connectivity index (χ0) is 27.1. The summed E-state index contributed by atoms with van der Waals surface area (Å²) in [6.45, 7) is 5.95. The predicted molar refractivity (Wildman–Crippen MR) is 133 cm³/mol. The number of nitrogens with two attached hydrogens (primary N) is 1. The third-order valence-electron chi connectivity index (χ3n) is 6.02. The molecule has 0 radical (unpaired) electrons. The van der Waals surface area contributed by atoms with Gasteiger partial charge in [0.05, 0.1) is 37.6 Å². The van der Waals surface area contributed by atoms with Crippen molar-refractivity contribution in [3.05, 3.63) is 47.0 Å². The van der Waals surface area contributed by atoms with Crippen LogP contribution in [0, 0.1) is 0 Å². The molecule has 9 nitrogen and oxygen atoms in total. The van der Waals surface area contributed by atoms with Crippen LogP contribution in [0.5, 0.6) is 11.5 Å². The molecule has 2 aliphatic rings. The number of amidine groups is 1. The molecule has 2 aliphatic heterocycles. The maximum Gasteiger partial charge on any atom is 0.416 e. The van der Waals surface area contributed by atoms with Crippen molar-refractivity contribution in [2.24, 2.45) is 4.99 Å². The zero-order valence-electron chi connectivity index (χ0n) is 20.8. The fraction of sp³-hybridized carbons (Fsp3) is 0.458. The second kappa shape index (κ2) is 9.93. The SMILES string of the molecule is COc1cc2c(cc1O[C@H]1CCOC1)C(=N[C@H](C)c1cc(N)cc(C(F)(F)F)c1)NS(=O)(=O)N2C(C)C. The van der Waals surface area contributed by atoms with Gasteiger partial charge in [0, 0.05) is 29.8 Å². The van der Waals surface area contributed by atoms with E-state index in [2.05, 4.69) is 9.71 Å². The molecule has 13 heteroatoms. The van der Waals surface area contributed by atoms with E-state index in [-0.39, 0.29) is 23.2 Å². The molecular weight excluding hydrogens is 513 g/mol. The first-order chi connectivity index (χ1) is 17.3. The van der Waals surface area contributed by atoms with Crippen molar-refractivity contribution >= 4 is 27.4 Å². The van der Waals surface area contributed by atoms with Gasteiger partial charge in [-0.3, -0.25) is 9.30 Å². The smallest absolute Gasteiger partial charge is 0.416 e. The van der Waals surface area contributed by atoms with Crippen molar-refractivity contribution in [3.8, 4) is 11.5 Å². The second-order valence-corrected chi connectivity index (χ2v) is 10.7. The summed E-state index contributed by atoms with van der Waals surface area (Å²) in [6, 6.07) is 5.02. The molecule has 2 aromatic carbocycles. The molecule has 3 N–H and O–H groups in total. The number of hydrogen-bond donors (Lipinski definition) is 2. The van der Waals surface area contributed by atoms with Crippen LogP contribution in [-0.4, -0.2) is 46.7 Å². The fourth-order valence-corrected chi connectivity index (χ4v) is 5.79. The van der Waals surface area contributed by atoms with Crippen LogP contribution in [0.3, 0.4) is 0 Å². The first kappa shape index (κ1) is 26.9. The number of rotatable bonds is 6. The van der Waals surface area contributed by atoms with Crippen LogP contribution in [0.15, 0.2) is 35.3 Å². The first-order valence-electron chi connectivity index (χ1n) is 11.6. The molecule has 2 atom stereocenters. The van der Waals surface area contributed by atoms with Crippen LogP contribution in [-0.2, 0) is 21.1 Å². The molecule has 1 fully saturated rings. The third-order valence-corrected chi connectivity index (χ3v) is 7.61. The summed E-state index contributed by atoms with van der Waals surface area (Å²) < 4.78 is 87.0. The molecule has 0 amide bonds. The summed E-state index contributed by atoms with van der Waals surface area (Å²) in [5.41, 5.74) is 5.61. The van der Waals surface area contributed by atoms with Gasteiger partial charge in [-0.1, -0.05) is 0 Å². The summed E-state index contributed by atoms with van der Waals surface area (Å²) in [5, 5.41) is 0. The average Bonchev–Trinajstić information content (AvgIpc) is 3.30. The lowest BCUT2D eigenvalue weighted by Crippen LogP contribution is -2.51. The molecule has 2 heterocycles. The molecule has 1 saturated heterocycles. The Kier molecular flexibility index (Phi) is 7.21. The molecule has 2 aromatic rings. The van der Waals surface area contributed by atoms with Crippen LogP contribution >= 0.6 is 0 Å². The van der Waals surface area contributed by atoms with Crippen molar-refractivity contribution in [1.82, 2.24) is 4.72 Å². The Morgan fingerprint density at radius 3 is 2.49 bits per heavy atom. The second-order valence-electron chi connectivity index (χ2n) is 9.16. The quantitative estimate of drug-likeness (QED) is 0.533. The number of hydrogen-bond acceptors (Lipinski definition) is 7. The lowest BCUT2D eigenvalue weighted by Gasteiger charge is -2.35. The Morgan fingerprint density at radius 1 is 1.16 bits per heavy atom. The number of nitrogens with one attached hydrogen (secondary N) is 1. The van der Waals surface area contributed by atoms with E-state index in [1.165, 1.54) is 17.5 Å². The van der Waals surface area contributed by atoms with E-state index in [0.29, 0.717) is 42.4 Å². The minimum atomic E-state index is -4.60. The number of methoxy groups -OCH3 is 1. The molecule has 0 spiro atoms. The molecule has 37 heavy (non-hydrogen) atoms. The van der Waals surface area contributed by atoms with E-state index in [4.69, 9.17) is 19.9 Å². The first-order valence-corrected chi connectivity index (χ1v) is 13.1. The Bertz CT molecular complexity index is 1310. The number of aliphatic imine (C=N–C) groups is 1. The van der Waals surface area contributed by atoms with Gasteiger partial charge in [0.15, 0.2) is 11.5 Å². The summed E-state index contributed by atoms with van der Waals surface area (Å²) in [4.78, 5) is 4.49. The number of ether oxygens (including phenoxy) is 3. The maximum atomic E-state index is 13.3. The number of fused-ring (bicyclic) bond motifs is 1. The van der Waals surface area contributed by atoms with Crippen molar-refractivity contribution in [3.63, 3.8) is 0 Å². The number of alkyl halides is 3. The molecule has 0 aromatic heterocycles. The molecule has 0 saturated carbocycles. The van der Waals surface area contributed by atoms with E-state index in [1.807, 2.05) is 0 Å². The summed E-state index contributed by atoms with van der Waals surface area (Å²) in [7, 11) is -2.63. The van der Waals surface area contributed by atoms with Gasteiger partial charge in [0.2, 0.25) is 0 Å². The number of nitrogen functional groups attached to an aromatic ring is 1. The van der Waals surface area contributed by atoms with Crippen molar-refractivity contribution in [2.45, 2.75) is 51.6 Å². The number of halogens is 3. The van der Waals surface area contributed by atoms with Crippen LogP contribution in [0.25, 0.3) is 0 Å². The average molecular weight is 543 g/mol. The summed E-state index contributed by atoms with van der Waals surface area (Å²) in [6.07, 6.45) is -4.12. The van der Waals surface area contributed by atoms with E-state index in [9.17, 15) is 21.6 Å². The van der Waals surface area contributed by atoms with Gasteiger partial charge >= 0.3 is 16.4 Å². The van der Waals surface area contributed by atoms with Gasteiger partial charge < -0.3 is 19.9 Å². The van der Waals surface area contributed by atoms with Gasteiger partial charge in [-0.05, 0) is 50.6 Å². The molecule has 202 valence electrons. The number of nitrogens with zero attached hydrogens (tertiary/aromatic N) is 2. The van der Waals surface area contributed by atoms with Gasteiger partial charge in [-0.15, -0.1) is 0 Å². The molecular formula is C24H29F3N4O5S. The highest BCUT2D eigenvalue weighted by atomic mass is 32.2. The topological polar surface area (TPSA) is 115 Å². The molecule has 0 aliphatic carbocycles. The van der Waals surface area contributed by atoms with Gasteiger partial charge in [-0.25, -0.2) is 4.72 Å². The summed E-state index contributed by atoms with van der Waals surface area (Å²) in [5.74, 6) is 0.655. The Morgan fingerprint density at radius 2 is 1.89 bits per heavy atom. The van der Waals surface area contributed by atoms with Crippen molar-refractivity contribution in [2.75, 3.05) is 30.4 Å². The standard InChI is InChI=1S/C24H29F3N4O5S/c1-13(2)31-20-11-21(34-4)22(36-18-5-6-35-12-18)10-19(20)23(30-37(31,32)33)29-14(3)15-7-16(24(25,26)27)9-17(28)8-15/h7-11,13-14,18H,5-6,12,28H2,1-4H3,(H,29,30)/t14-,18+/m1/s1. The molecule has 0 unspecified atom stereocenters. The van der Waals surface area contributed by atoms with Crippen LogP contribution in [0.4, 0.5) is 24.5 Å². The van der Waals surface area contributed by atoms with Crippen LogP contribution in [0.2, 0.25) is 0 Å². The predicted octanol–water partition coefficient (Wildman–Crippen LogP) is 4.03. The maximum absolute atomic E-state index is 13.3. The van der Waals surface area contributed by atoms with E-state index in [0.717, 1.165) is 12.1 Å². The molecule has 4 rings (SSSR count). The van der Waals surface area contributed by atoms with E-state index in [1.54, 1.807) is 32.9 Å². The fourth-order valence-electron chi connectivity index (χ4n) is 4.32. The number of anilines is 2. The zero-order valence-corrected chi connectivity index (χ0v) is 21.6. The third kappa shape index (κ3) is 5.57. The van der Waals surface area contributed by atoms with Gasteiger partial charge in [0.25, 0.3) is 0 Å².